The van der Waals surface area contributed by atoms with Crippen molar-refractivity contribution in [2.45, 2.75) is 31.8 Å². The Kier molecular flexibility index (Phi) is 3.37. The monoisotopic (exact) mass is 264 g/mol. The van der Waals surface area contributed by atoms with Crippen molar-refractivity contribution in [3.05, 3.63) is 23.5 Å². The van der Waals surface area contributed by atoms with Crippen LogP contribution in [0.25, 0.3) is 4.96 Å². The summed E-state index contributed by atoms with van der Waals surface area (Å²) in [4.78, 5) is 8.15. The minimum absolute atomic E-state index is 0.634. The number of rotatable bonds is 4. The average Bonchev–Trinajstić information content (AvgIpc) is 3.02. The van der Waals surface area contributed by atoms with Gasteiger partial charge < -0.3 is 5.73 Å². The Balaban J connectivity index is 1.70. The summed E-state index contributed by atoms with van der Waals surface area (Å²) in [6.45, 7) is 1.74. The summed E-state index contributed by atoms with van der Waals surface area (Å²) in [5.74, 6) is 0.665. The zero-order chi connectivity index (χ0) is 12.5. The first-order valence-corrected chi connectivity index (χ1v) is 7.47. The van der Waals surface area contributed by atoms with Crippen LogP contribution in [-0.2, 0) is 6.54 Å². The first-order chi connectivity index (χ1) is 8.78. The van der Waals surface area contributed by atoms with Crippen LogP contribution >= 0.6 is 11.3 Å². The summed E-state index contributed by atoms with van der Waals surface area (Å²) < 4.78 is 2.10. The molecule has 3 rings (SSSR count). The molecule has 2 N–H and O–H groups in total. The number of nitrogens with zero attached hydrogens (tertiary/aromatic N) is 3. The molecular formula is C13H20N4S. The lowest BCUT2D eigenvalue weighted by molar-refractivity contribution is 0.191. The molecule has 18 heavy (non-hydrogen) atoms. The van der Waals surface area contributed by atoms with E-state index >= 15 is 0 Å². The highest BCUT2D eigenvalue weighted by atomic mass is 32.1. The summed E-state index contributed by atoms with van der Waals surface area (Å²) in [6.07, 6.45) is 8.07. The lowest BCUT2D eigenvalue weighted by Gasteiger charge is -2.28. The maximum Gasteiger partial charge on any atom is 0.193 e. The van der Waals surface area contributed by atoms with E-state index in [4.69, 9.17) is 5.73 Å². The van der Waals surface area contributed by atoms with E-state index in [1.54, 1.807) is 11.3 Å². The van der Waals surface area contributed by atoms with Gasteiger partial charge in [-0.1, -0.05) is 6.42 Å². The fourth-order valence-corrected chi connectivity index (χ4v) is 3.82. The zero-order valence-electron chi connectivity index (χ0n) is 10.7. The van der Waals surface area contributed by atoms with Crippen LogP contribution in [0.3, 0.4) is 0 Å². The van der Waals surface area contributed by atoms with Crippen LogP contribution in [0.2, 0.25) is 0 Å². The Morgan fingerprint density at radius 1 is 1.56 bits per heavy atom. The maximum atomic E-state index is 5.86. The molecule has 98 valence electrons. The van der Waals surface area contributed by atoms with E-state index in [0.717, 1.165) is 23.7 Å². The van der Waals surface area contributed by atoms with E-state index < -0.39 is 0 Å². The smallest absolute Gasteiger partial charge is 0.193 e. The second kappa shape index (κ2) is 4.99. The first-order valence-electron chi connectivity index (χ1n) is 6.59. The van der Waals surface area contributed by atoms with Gasteiger partial charge in [0, 0.05) is 30.4 Å². The molecular weight excluding hydrogens is 244 g/mol. The van der Waals surface area contributed by atoms with E-state index in [-0.39, 0.29) is 0 Å². The van der Waals surface area contributed by atoms with Crippen molar-refractivity contribution in [2.75, 3.05) is 13.6 Å². The first kappa shape index (κ1) is 12.1. The van der Waals surface area contributed by atoms with Gasteiger partial charge in [-0.25, -0.2) is 4.98 Å². The number of imidazole rings is 1. The summed E-state index contributed by atoms with van der Waals surface area (Å²) >= 11 is 1.69. The predicted octanol–water partition coefficient (Wildman–Crippen LogP) is 1.96. The van der Waals surface area contributed by atoms with E-state index in [1.807, 2.05) is 0 Å². The van der Waals surface area contributed by atoms with Gasteiger partial charge in [0.1, 0.15) is 0 Å². The molecule has 2 aromatic rings. The zero-order valence-corrected chi connectivity index (χ0v) is 11.6. The molecule has 1 aliphatic rings. The van der Waals surface area contributed by atoms with Crippen molar-refractivity contribution in [3.8, 4) is 0 Å². The lowest BCUT2D eigenvalue weighted by Crippen LogP contribution is -2.37. The minimum atomic E-state index is 0.634. The van der Waals surface area contributed by atoms with Crippen molar-refractivity contribution >= 4 is 16.3 Å². The van der Waals surface area contributed by atoms with Crippen molar-refractivity contribution in [2.24, 2.45) is 11.7 Å². The Morgan fingerprint density at radius 2 is 2.44 bits per heavy atom. The Hall–Kier alpha value is -0.910. The van der Waals surface area contributed by atoms with Gasteiger partial charge in [0.2, 0.25) is 0 Å². The molecule has 2 aromatic heterocycles. The molecule has 0 radical (unpaired) electrons. The van der Waals surface area contributed by atoms with E-state index in [2.05, 4.69) is 39.1 Å². The molecule has 1 saturated carbocycles. The van der Waals surface area contributed by atoms with Crippen LogP contribution < -0.4 is 5.73 Å². The third-order valence-electron chi connectivity index (χ3n) is 4.04. The highest BCUT2D eigenvalue weighted by Crippen LogP contribution is 2.29. The van der Waals surface area contributed by atoms with Gasteiger partial charge in [0.25, 0.3) is 0 Å². The highest BCUT2D eigenvalue weighted by Gasteiger charge is 2.29. The SMILES string of the molecule is CN(Cc1cn2ccsc2n1)C1CCCC1CN. The number of nitrogens with two attached hydrogens (primary N) is 1. The van der Waals surface area contributed by atoms with Gasteiger partial charge in [-0.05, 0) is 32.4 Å². The van der Waals surface area contributed by atoms with E-state index in [0.29, 0.717) is 12.0 Å². The molecule has 2 atom stereocenters. The Morgan fingerprint density at radius 3 is 3.22 bits per heavy atom. The number of fused-ring (bicyclic) bond motifs is 1. The molecule has 0 spiro atoms. The van der Waals surface area contributed by atoms with E-state index in [1.165, 1.54) is 19.3 Å². The van der Waals surface area contributed by atoms with E-state index in [9.17, 15) is 0 Å². The predicted molar refractivity (Wildman–Crippen MR) is 74.7 cm³/mol. The maximum absolute atomic E-state index is 5.86. The van der Waals surface area contributed by atoms with Gasteiger partial charge in [0.05, 0.1) is 5.69 Å². The van der Waals surface area contributed by atoms with Crippen molar-refractivity contribution in [3.63, 3.8) is 0 Å². The minimum Gasteiger partial charge on any atom is -0.330 e. The topological polar surface area (TPSA) is 46.6 Å². The van der Waals surface area contributed by atoms with Crippen LogP contribution in [0.5, 0.6) is 0 Å². The quantitative estimate of drug-likeness (QED) is 0.918. The van der Waals surface area contributed by atoms with Crippen molar-refractivity contribution < 1.29 is 0 Å². The number of hydrogen-bond acceptors (Lipinski definition) is 4. The standard InChI is InChI=1S/C13H20N4S/c1-16(12-4-2-3-10(12)7-14)8-11-9-17-5-6-18-13(17)15-11/h5-6,9-10,12H,2-4,7-8,14H2,1H3. The molecule has 2 heterocycles. The van der Waals surface area contributed by atoms with Gasteiger partial charge in [0.15, 0.2) is 4.96 Å². The molecule has 0 bridgehead atoms. The largest absolute Gasteiger partial charge is 0.330 e. The fourth-order valence-electron chi connectivity index (χ4n) is 3.10. The molecule has 0 aliphatic heterocycles. The van der Waals surface area contributed by atoms with Crippen molar-refractivity contribution in [1.82, 2.24) is 14.3 Å². The van der Waals surface area contributed by atoms with Gasteiger partial charge >= 0.3 is 0 Å². The normalized spacial score (nSPS) is 24.4. The molecule has 4 nitrogen and oxygen atoms in total. The van der Waals surface area contributed by atoms with Crippen LogP contribution in [0, 0.1) is 5.92 Å². The fraction of sp³-hybridized carbons (Fsp3) is 0.615. The van der Waals surface area contributed by atoms with Crippen LogP contribution in [-0.4, -0.2) is 33.9 Å². The Labute approximate surface area is 111 Å². The van der Waals surface area contributed by atoms with Crippen LogP contribution in [0.1, 0.15) is 25.0 Å². The number of hydrogen-bond donors (Lipinski definition) is 1. The average molecular weight is 264 g/mol. The highest BCUT2D eigenvalue weighted by molar-refractivity contribution is 7.15. The van der Waals surface area contributed by atoms with Crippen molar-refractivity contribution in [1.29, 1.82) is 0 Å². The van der Waals surface area contributed by atoms with Crippen LogP contribution in [0.15, 0.2) is 17.8 Å². The number of aromatic nitrogens is 2. The van der Waals surface area contributed by atoms with Gasteiger partial charge in [-0.15, -0.1) is 11.3 Å². The summed E-state index contributed by atoms with van der Waals surface area (Å²) in [5.41, 5.74) is 7.01. The molecule has 0 aromatic carbocycles. The summed E-state index contributed by atoms with van der Waals surface area (Å²) in [7, 11) is 2.20. The molecule has 0 saturated heterocycles. The summed E-state index contributed by atoms with van der Waals surface area (Å²) in [5, 5.41) is 2.07. The molecule has 1 fully saturated rings. The third-order valence-corrected chi connectivity index (χ3v) is 4.81. The third kappa shape index (κ3) is 2.18. The lowest BCUT2D eigenvalue weighted by atomic mass is 10.0. The van der Waals surface area contributed by atoms with Gasteiger partial charge in [-0.3, -0.25) is 9.30 Å². The number of thiazole rings is 1. The second-order valence-electron chi connectivity index (χ2n) is 5.23. The molecule has 1 aliphatic carbocycles. The molecule has 0 amide bonds. The molecule has 5 heteroatoms. The summed E-state index contributed by atoms with van der Waals surface area (Å²) in [6, 6.07) is 0.634. The second-order valence-corrected chi connectivity index (χ2v) is 6.11. The molecule has 2 unspecified atom stereocenters. The van der Waals surface area contributed by atoms with Crippen LogP contribution in [0.4, 0.5) is 0 Å². The van der Waals surface area contributed by atoms with Gasteiger partial charge in [-0.2, -0.15) is 0 Å². The Bertz CT molecular complexity index is 489.